The van der Waals surface area contributed by atoms with E-state index in [-0.39, 0.29) is 18.9 Å². The summed E-state index contributed by atoms with van der Waals surface area (Å²) in [6.45, 7) is 3.06. The molecule has 128 valence electrons. The second-order valence-corrected chi connectivity index (χ2v) is 6.38. The molecule has 0 radical (unpaired) electrons. The van der Waals surface area contributed by atoms with Crippen molar-refractivity contribution >= 4 is 17.4 Å². The lowest BCUT2D eigenvalue weighted by Gasteiger charge is -2.24. The average Bonchev–Trinajstić information content (AvgIpc) is 3.27. The third-order valence-corrected chi connectivity index (χ3v) is 4.89. The molecule has 2 amide bonds. The van der Waals surface area contributed by atoms with Crippen molar-refractivity contribution in [1.82, 2.24) is 10.2 Å². The van der Waals surface area contributed by atoms with Crippen molar-refractivity contribution in [3.63, 3.8) is 0 Å². The highest BCUT2D eigenvalue weighted by Gasteiger charge is 2.18. The second-order valence-electron chi connectivity index (χ2n) is 5.40. The molecule has 1 aliphatic heterocycles. The first kappa shape index (κ1) is 16.4. The number of nitrogens with zero attached hydrogens (tertiary/aromatic N) is 1. The Kier molecular flexibility index (Phi) is 5.10. The van der Waals surface area contributed by atoms with Crippen LogP contribution in [-0.2, 0) is 0 Å². The van der Waals surface area contributed by atoms with Crippen LogP contribution in [0.5, 0.6) is 17.2 Å². The van der Waals surface area contributed by atoms with Gasteiger partial charge in [-0.3, -0.25) is 0 Å². The van der Waals surface area contributed by atoms with Crippen molar-refractivity contribution in [3.05, 3.63) is 40.6 Å². The zero-order valence-corrected chi connectivity index (χ0v) is 14.5. The van der Waals surface area contributed by atoms with E-state index in [1.165, 1.54) is 0 Å². The van der Waals surface area contributed by atoms with Gasteiger partial charge in [-0.05, 0) is 30.5 Å². The van der Waals surface area contributed by atoms with Gasteiger partial charge in [0.2, 0.25) is 6.79 Å². The van der Waals surface area contributed by atoms with Crippen molar-refractivity contribution in [2.24, 2.45) is 0 Å². The summed E-state index contributed by atoms with van der Waals surface area (Å²) in [4.78, 5) is 15.0. The van der Waals surface area contributed by atoms with Gasteiger partial charge in [0, 0.05) is 18.0 Å². The second kappa shape index (κ2) is 7.44. The molecule has 0 spiro atoms. The number of nitrogens with one attached hydrogen (secondary N) is 1. The van der Waals surface area contributed by atoms with Crippen LogP contribution in [0.15, 0.2) is 35.7 Å². The summed E-state index contributed by atoms with van der Waals surface area (Å²) < 4.78 is 16.2. The fourth-order valence-electron chi connectivity index (χ4n) is 2.31. The van der Waals surface area contributed by atoms with Crippen LogP contribution in [0, 0.1) is 0 Å². The monoisotopic (exact) mass is 348 g/mol. The highest BCUT2D eigenvalue weighted by Crippen LogP contribution is 2.35. The van der Waals surface area contributed by atoms with Gasteiger partial charge in [0.1, 0.15) is 12.4 Å². The number of amides is 2. The highest BCUT2D eigenvalue weighted by molar-refractivity contribution is 7.10. The van der Waals surface area contributed by atoms with E-state index in [4.69, 9.17) is 14.2 Å². The first-order valence-corrected chi connectivity index (χ1v) is 8.59. The maximum absolute atomic E-state index is 12.2. The van der Waals surface area contributed by atoms with Gasteiger partial charge in [-0.15, -0.1) is 11.3 Å². The van der Waals surface area contributed by atoms with E-state index in [0.717, 1.165) is 10.6 Å². The standard InChI is InChI=1S/C17H20N2O4S/c1-12(16-4-3-9-24-16)19(2)17(20)18-7-8-21-13-5-6-14-15(10-13)23-11-22-14/h3-6,9-10,12H,7-8,11H2,1-2H3,(H,18,20)/t12-/m1/s1. The van der Waals surface area contributed by atoms with E-state index in [2.05, 4.69) is 5.32 Å². The third-order valence-electron chi connectivity index (χ3n) is 3.85. The molecule has 0 saturated heterocycles. The minimum absolute atomic E-state index is 0.0415. The molecule has 24 heavy (non-hydrogen) atoms. The van der Waals surface area contributed by atoms with E-state index >= 15 is 0 Å². The first-order valence-electron chi connectivity index (χ1n) is 7.71. The number of benzene rings is 1. The topological polar surface area (TPSA) is 60.0 Å². The molecule has 3 rings (SSSR count). The summed E-state index contributed by atoms with van der Waals surface area (Å²) in [5.74, 6) is 2.09. The average molecular weight is 348 g/mol. The molecule has 1 atom stereocenters. The van der Waals surface area contributed by atoms with Gasteiger partial charge in [-0.2, -0.15) is 0 Å². The summed E-state index contributed by atoms with van der Waals surface area (Å²) in [7, 11) is 1.79. The van der Waals surface area contributed by atoms with Gasteiger partial charge in [0.15, 0.2) is 11.5 Å². The van der Waals surface area contributed by atoms with Crippen LogP contribution in [0.3, 0.4) is 0 Å². The minimum Gasteiger partial charge on any atom is -0.492 e. The molecule has 0 fully saturated rings. The number of urea groups is 1. The lowest BCUT2D eigenvalue weighted by molar-refractivity contribution is 0.173. The van der Waals surface area contributed by atoms with E-state index in [1.54, 1.807) is 29.4 Å². The number of hydrogen-bond donors (Lipinski definition) is 1. The summed E-state index contributed by atoms with van der Waals surface area (Å²) in [5, 5.41) is 4.87. The normalized spacial score (nSPS) is 13.4. The summed E-state index contributed by atoms with van der Waals surface area (Å²) in [5.41, 5.74) is 0. The molecule has 0 bridgehead atoms. The fraction of sp³-hybridized carbons (Fsp3) is 0.353. The van der Waals surface area contributed by atoms with Crippen LogP contribution in [0.25, 0.3) is 0 Å². The highest BCUT2D eigenvalue weighted by atomic mass is 32.1. The van der Waals surface area contributed by atoms with Crippen LogP contribution >= 0.6 is 11.3 Å². The summed E-state index contributed by atoms with van der Waals surface area (Å²) in [6, 6.07) is 9.36. The molecule has 2 heterocycles. The molecule has 7 heteroatoms. The molecular formula is C17H20N2O4S. The molecule has 1 aromatic heterocycles. The number of hydrogen-bond acceptors (Lipinski definition) is 5. The van der Waals surface area contributed by atoms with Crippen molar-refractivity contribution in [2.45, 2.75) is 13.0 Å². The Labute approximate surface area is 144 Å². The van der Waals surface area contributed by atoms with Crippen molar-refractivity contribution in [1.29, 1.82) is 0 Å². The molecule has 1 aromatic carbocycles. The largest absolute Gasteiger partial charge is 0.492 e. The Morgan fingerprint density at radius 3 is 3.00 bits per heavy atom. The maximum Gasteiger partial charge on any atom is 0.317 e. The number of rotatable bonds is 6. The SMILES string of the molecule is C[C@H](c1cccs1)N(C)C(=O)NCCOc1ccc2c(c1)OCO2. The van der Waals surface area contributed by atoms with Gasteiger partial charge < -0.3 is 24.4 Å². The molecule has 0 unspecified atom stereocenters. The summed E-state index contributed by atoms with van der Waals surface area (Å²) >= 11 is 1.64. The number of thiophene rings is 1. The van der Waals surface area contributed by atoms with Crippen LogP contribution in [0.2, 0.25) is 0 Å². The van der Waals surface area contributed by atoms with Gasteiger partial charge in [-0.1, -0.05) is 6.07 Å². The lowest BCUT2D eigenvalue weighted by Crippen LogP contribution is -2.40. The molecular weight excluding hydrogens is 328 g/mol. The molecule has 1 N–H and O–H groups in total. The van der Waals surface area contributed by atoms with E-state index in [9.17, 15) is 4.79 Å². The Morgan fingerprint density at radius 1 is 1.38 bits per heavy atom. The summed E-state index contributed by atoms with van der Waals surface area (Å²) in [6.07, 6.45) is 0. The minimum atomic E-state index is -0.120. The van der Waals surface area contributed by atoms with E-state index in [0.29, 0.717) is 24.7 Å². The smallest absolute Gasteiger partial charge is 0.317 e. The predicted octanol–water partition coefficient (Wildman–Crippen LogP) is 3.26. The van der Waals surface area contributed by atoms with E-state index < -0.39 is 0 Å². The number of ether oxygens (including phenoxy) is 3. The van der Waals surface area contributed by atoms with E-state index in [1.807, 2.05) is 36.6 Å². The van der Waals surface area contributed by atoms with Gasteiger partial charge in [0.05, 0.1) is 12.6 Å². The number of fused-ring (bicyclic) bond motifs is 1. The lowest BCUT2D eigenvalue weighted by atomic mass is 10.2. The Bertz CT molecular complexity index is 690. The van der Waals surface area contributed by atoms with Crippen molar-refractivity contribution in [3.8, 4) is 17.2 Å². The molecule has 0 saturated carbocycles. The first-order chi connectivity index (χ1) is 11.6. The van der Waals surface area contributed by atoms with Crippen LogP contribution in [-0.4, -0.2) is 37.9 Å². The molecule has 0 aliphatic carbocycles. The zero-order valence-electron chi connectivity index (χ0n) is 13.7. The number of carbonyl (C=O) groups is 1. The van der Waals surface area contributed by atoms with Crippen LogP contribution in [0.4, 0.5) is 4.79 Å². The predicted molar refractivity (Wildman–Crippen MR) is 92.0 cm³/mol. The van der Waals surface area contributed by atoms with Crippen LogP contribution < -0.4 is 19.5 Å². The van der Waals surface area contributed by atoms with Crippen molar-refractivity contribution in [2.75, 3.05) is 27.0 Å². The van der Waals surface area contributed by atoms with Crippen molar-refractivity contribution < 1.29 is 19.0 Å². The van der Waals surface area contributed by atoms with Gasteiger partial charge in [-0.25, -0.2) is 4.79 Å². The Morgan fingerprint density at radius 2 is 2.21 bits per heavy atom. The third kappa shape index (κ3) is 3.73. The zero-order chi connectivity index (χ0) is 16.9. The Balaban J connectivity index is 1.42. The maximum atomic E-state index is 12.2. The fourth-order valence-corrected chi connectivity index (χ4v) is 3.14. The quantitative estimate of drug-likeness (QED) is 0.814. The Hall–Kier alpha value is -2.41. The van der Waals surface area contributed by atoms with Gasteiger partial charge >= 0.3 is 6.03 Å². The molecule has 6 nitrogen and oxygen atoms in total. The van der Waals surface area contributed by atoms with Crippen LogP contribution in [0.1, 0.15) is 17.8 Å². The van der Waals surface area contributed by atoms with Gasteiger partial charge in [0.25, 0.3) is 0 Å². The number of carbonyl (C=O) groups excluding carboxylic acids is 1. The molecule has 1 aliphatic rings. The molecule has 2 aromatic rings.